The van der Waals surface area contributed by atoms with Crippen molar-refractivity contribution in [2.45, 2.75) is 26.8 Å². The molecule has 0 saturated carbocycles. The van der Waals surface area contributed by atoms with Crippen LogP contribution in [0.1, 0.15) is 35.5 Å². The number of hydrogen-bond acceptors (Lipinski definition) is 3. The van der Waals surface area contributed by atoms with Crippen LogP contribution in [0, 0.1) is 25.2 Å². The van der Waals surface area contributed by atoms with Crippen LogP contribution in [0.15, 0.2) is 78.5 Å². The molecule has 2 aromatic carbocycles. The first kappa shape index (κ1) is 21.1. The van der Waals surface area contributed by atoms with Crippen molar-refractivity contribution in [3.8, 4) is 11.8 Å². The third kappa shape index (κ3) is 4.17. The lowest BCUT2D eigenvalue weighted by Gasteiger charge is -2.14. The topological polar surface area (TPSA) is 70.7 Å². The summed E-state index contributed by atoms with van der Waals surface area (Å²) in [5.74, 6) is -0.384. The van der Waals surface area contributed by atoms with Crippen LogP contribution >= 0.6 is 0 Å². The smallest absolute Gasteiger partial charge is 0.262 e. The lowest BCUT2D eigenvalue weighted by Crippen LogP contribution is -2.27. The normalized spacial score (nSPS) is 12.4. The molecule has 4 aromatic rings. The molecule has 4 rings (SSSR count). The van der Waals surface area contributed by atoms with Crippen LogP contribution in [0.5, 0.6) is 0 Å². The molecule has 0 bridgehead atoms. The predicted molar refractivity (Wildman–Crippen MR) is 127 cm³/mol. The summed E-state index contributed by atoms with van der Waals surface area (Å²) in [6, 6.07) is 23.6. The van der Waals surface area contributed by atoms with Crippen LogP contribution in [0.4, 0.5) is 0 Å². The number of hydrogen-bond donors (Lipinski definition) is 1. The molecule has 2 aromatic heterocycles. The minimum atomic E-state index is -0.384. The highest BCUT2D eigenvalue weighted by Crippen LogP contribution is 2.25. The van der Waals surface area contributed by atoms with Gasteiger partial charge in [-0.2, -0.15) is 5.26 Å². The Hall–Kier alpha value is -4.17. The van der Waals surface area contributed by atoms with Gasteiger partial charge in [-0.25, -0.2) is 0 Å². The second kappa shape index (κ2) is 8.91. The molecule has 1 N–H and O–H groups in total. The highest BCUT2D eigenvalue weighted by Gasteiger charge is 2.16. The van der Waals surface area contributed by atoms with Gasteiger partial charge in [0.15, 0.2) is 0 Å². The van der Waals surface area contributed by atoms with Crippen molar-refractivity contribution < 1.29 is 4.79 Å². The fraction of sp³-hybridized carbons (Fsp3) is 0.148. The standard InChI is InChI=1S/C27H24N4O/c1-18-14-23(15-24(17-28)27(32)30-19(2)21-8-5-4-6-9-21)20(3)31(18)25-11-12-26-22(16-25)10-7-13-29-26/h4-16,19H,1-3H3,(H,30,32)/b24-15-/t19-/m0/s1. The highest BCUT2D eigenvalue weighted by molar-refractivity contribution is 6.02. The lowest BCUT2D eigenvalue weighted by atomic mass is 10.1. The predicted octanol–water partition coefficient (Wildman–Crippen LogP) is 5.43. The molecule has 5 heteroatoms. The minimum absolute atomic E-state index is 0.0794. The molecule has 0 aliphatic carbocycles. The van der Waals surface area contributed by atoms with Gasteiger partial charge in [0, 0.05) is 28.7 Å². The number of aromatic nitrogens is 2. The van der Waals surface area contributed by atoms with E-state index in [0.29, 0.717) is 0 Å². The monoisotopic (exact) mass is 420 g/mol. The summed E-state index contributed by atoms with van der Waals surface area (Å²) in [5.41, 5.74) is 5.84. The minimum Gasteiger partial charge on any atom is -0.345 e. The molecule has 32 heavy (non-hydrogen) atoms. The van der Waals surface area contributed by atoms with E-state index in [-0.39, 0.29) is 17.5 Å². The van der Waals surface area contributed by atoms with E-state index >= 15 is 0 Å². The van der Waals surface area contributed by atoms with Crippen LogP contribution in [0.2, 0.25) is 0 Å². The fourth-order valence-electron chi connectivity index (χ4n) is 3.94. The molecule has 1 atom stereocenters. The zero-order chi connectivity index (χ0) is 22.7. The average Bonchev–Trinajstić information content (AvgIpc) is 3.10. The zero-order valence-corrected chi connectivity index (χ0v) is 18.3. The van der Waals surface area contributed by atoms with Gasteiger partial charge >= 0.3 is 0 Å². The van der Waals surface area contributed by atoms with Gasteiger partial charge in [0.2, 0.25) is 0 Å². The second-order valence-electron chi connectivity index (χ2n) is 7.82. The third-order valence-corrected chi connectivity index (χ3v) is 5.63. The first-order valence-corrected chi connectivity index (χ1v) is 10.5. The molecule has 2 heterocycles. The number of nitrogens with zero attached hydrogens (tertiary/aromatic N) is 3. The first-order valence-electron chi connectivity index (χ1n) is 10.5. The number of carbonyl (C=O) groups excluding carboxylic acids is 1. The average molecular weight is 421 g/mol. The number of carbonyl (C=O) groups is 1. The van der Waals surface area contributed by atoms with Crippen molar-refractivity contribution in [1.29, 1.82) is 5.26 Å². The molecule has 0 saturated heterocycles. The fourth-order valence-corrected chi connectivity index (χ4v) is 3.94. The molecule has 0 unspecified atom stereocenters. The van der Waals surface area contributed by atoms with Gasteiger partial charge in [0.25, 0.3) is 5.91 Å². The van der Waals surface area contributed by atoms with E-state index in [0.717, 1.165) is 39.1 Å². The van der Waals surface area contributed by atoms with E-state index < -0.39 is 0 Å². The molecule has 5 nitrogen and oxygen atoms in total. The van der Waals surface area contributed by atoms with Crippen molar-refractivity contribution in [3.63, 3.8) is 0 Å². The first-order chi connectivity index (χ1) is 15.5. The number of fused-ring (bicyclic) bond motifs is 1. The van der Waals surface area contributed by atoms with Crippen LogP contribution in [0.3, 0.4) is 0 Å². The number of aryl methyl sites for hydroxylation is 1. The van der Waals surface area contributed by atoms with E-state index in [4.69, 9.17) is 0 Å². The Morgan fingerprint density at radius 3 is 2.62 bits per heavy atom. The molecule has 0 fully saturated rings. The van der Waals surface area contributed by atoms with E-state index in [1.165, 1.54) is 0 Å². The van der Waals surface area contributed by atoms with Crippen LogP contribution in [-0.4, -0.2) is 15.5 Å². The third-order valence-electron chi connectivity index (χ3n) is 5.63. The summed E-state index contributed by atoms with van der Waals surface area (Å²) in [6.45, 7) is 5.91. The number of amides is 1. The molecule has 0 aliphatic heterocycles. The lowest BCUT2D eigenvalue weighted by molar-refractivity contribution is -0.117. The maximum atomic E-state index is 12.8. The van der Waals surface area contributed by atoms with Crippen molar-refractivity contribution >= 4 is 22.9 Å². The maximum absolute atomic E-state index is 12.8. The van der Waals surface area contributed by atoms with Gasteiger partial charge in [0.05, 0.1) is 11.6 Å². The van der Waals surface area contributed by atoms with Crippen molar-refractivity contribution in [2.75, 3.05) is 0 Å². The maximum Gasteiger partial charge on any atom is 0.262 e. The zero-order valence-electron chi connectivity index (χ0n) is 18.3. The van der Waals surface area contributed by atoms with Gasteiger partial charge in [0.1, 0.15) is 11.6 Å². The van der Waals surface area contributed by atoms with E-state index in [9.17, 15) is 10.1 Å². The Balaban J connectivity index is 1.64. The van der Waals surface area contributed by atoms with Gasteiger partial charge in [-0.05, 0) is 68.3 Å². The van der Waals surface area contributed by atoms with Gasteiger partial charge in [-0.15, -0.1) is 0 Å². The molecule has 0 spiro atoms. The number of rotatable bonds is 5. The highest BCUT2D eigenvalue weighted by atomic mass is 16.1. The molecule has 0 radical (unpaired) electrons. The largest absolute Gasteiger partial charge is 0.345 e. The number of pyridine rings is 1. The van der Waals surface area contributed by atoms with Crippen LogP contribution in [-0.2, 0) is 4.79 Å². The summed E-state index contributed by atoms with van der Waals surface area (Å²) in [5, 5.41) is 13.6. The SMILES string of the molecule is Cc1cc(/C=C(/C#N)C(=O)N[C@@H](C)c2ccccc2)c(C)n1-c1ccc2ncccc2c1. The van der Waals surface area contributed by atoms with Crippen LogP contribution in [0.25, 0.3) is 22.7 Å². The molecular weight excluding hydrogens is 396 g/mol. The molecule has 1 amide bonds. The Kier molecular flexibility index (Phi) is 5.87. The van der Waals surface area contributed by atoms with E-state index in [2.05, 4.69) is 27.0 Å². The summed E-state index contributed by atoms with van der Waals surface area (Å²) in [7, 11) is 0. The van der Waals surface area contributed by atoms with Crippen molar-refractivity contribution in [3.05, 3.63) is 101 Å². The van der Waals surface area contributed by atoms with Crippen LogP contribution < -0.4 is 5.32 Å². The number of benzene rings is 2. The van der Waals surface area contributed by atoms with E-state index in [1.54, 1.807) is 12.3 Å². The van der Waals surface area contributed by atoms with Gasteiger partial charge in [-0.1, -0.05) is 36.4 Å². The molecular formula is C27H24N4O. The van der Waals surface area contributed by atoms with Crippen molar-refractivity contribution in [2.24, 2.45) is 0 Å². The quantitative estimate of drug-likeness (QED) is 0.346. The second-order valence-corrected chi connectivity index (χ2v) is 7.82. The van der Waals surface area contributed by atoms with Gasteiger partial charge in [-0.3, -0.25) is 9.78 Å². The summed E-state index contributed by atoms with van der Waals surface area (Å²) < 4.78 is 2.12. The van der Waals surface area contributed by atoms with Crippen molar-refractivity contribution in [1.82, 2.24) is 14.9 Å². The summed E-state index contributed by atoms with van der Waals surface area (Å²) >= 11 is 0. The van der Waals surface area contributed by atoms with E-state index in [1.807, 2.05) is 81.4 Å². The molecule has 0 aliphatic rings. The number of nitrogens with one attached hydrogen (secondary N) is 1. The summed E-state index contributed by atoms with van der Waals surface area (Å²) in [4.78, 5) is 17.1. The Bertz CT molecular complexity index is 1360. The Labute approximate surface area is 187 Å². The Morgan fingerprint density at radius 2 is 1.88 bits per heavy atom. The molecule has 158 valence electrons. The number of nitriles is 1. The Morgan fingerprint density at radius 1 is 1.09 bits per heavy atom. The summed E-state index contributed by atoms with van der Waals surface area (Å²) in [6.07, 6.45) is 3.44. The van der Waals surface area contributed by atoms with Gasteiger partial charge < -0.3 is 9.88 Å².